The van der Waals surface area contributed by atoms with Gasteiger partial charge in [-0.3, -0.25) is 14.4 Å². The van der Waals surface area contributed by atoms with Crippen molar-refractivity contribution in [1.82, 2.24) is 0 Å². The van der Waals surface area contributed by atoms with Crippen molar-refractivity contribution in [2.75, 3.05) is 16.0 Å². The standard InChI is InChI=1S/C18H13BrCl2N2O3S/c19-10-1-4-12(5-2-10)22-16(24)9-27-15-8-17(25)23(18(15)26)14-6-3-11(20)7-13(14)21/h1-7,15H,8-9H2,(H,22,24)/t15-/m1/s1. The summed E-state index contributed by atoms with van der Waals surface area (Å²) in [4.78, 5) is 38.1. The van der Waals surface area contributed by atoms with Gasteiger partial charge in [0, 0.05) is 21.6 Å². The fourth-order valence-electron chi connectivity index (χ4n) is 2.56. The molecule has 0 spiro atoms. The number of rotatable bonds is 5. The van der Waals surface area contributed by atoms with Crippen LogP contribution >= 0.6 is 50.9 Å². The van der Waals surface area contributed by atoms with E-state index < -0.39 is 5.25 Å². The second-order valence-corrected chi connectivity index (χ2v) is 8.67. The molecule has 1 saturated heterocycles. The number of imide groups is 1. The summed E-state index contributed by atoms with van der Waals surface area (Å²) in [7, 11) is 0. The topological polar surface area (TPSA) is 66.5 Å². The molecular weight excluding hydrogens is 475 g/mol. The van der Waals surface area contributed by atoms with Gasteiger partial charge in [0.1, 0.15) is 0 Å². The summed E-state index contributed by atoms with van der Waals surface area (Å²) >= 11 is 16.4. The molecule has 3 rings (SSSR count). The molecule has 2 aromatic carbocycles. The SMILES string of the molecule is O=C(CS[C@@H]1CC(=O)N(c2ccc(Cl)cc2Cl)C1=O)Nc1ccc(Br)cc1. The Balaban J connectivity index is 1.61. The van der Waals surface area contributed by atoms with E-state index in [9.17, 15) is 14.4 Å². The number of halogens is 3. The largest absolute Gasteiger partial charge is 0.325 e. The lowest BCUT2D eigenvalue weighted by Crippen LogP contribution is -2.31. The van der Waals surface area contributed by atoms with Gasteiger partial charge in [-0.2, -0.15) is 0 Å². The molecule has 3 amide bonds. The summed E-state index contributed by atoms with van der Waals surface area (Å²) in [6.45, 7) is 0. The van der Waals surface area contributed by atoms with Crippen molar-refractivity contribution in [3.05, 3.63) is 57.0 Å². The molecule has 0 aliphatic carbocycles. The first kappa shape index (κ1) is 20.2. The van der Waals surface area contributed by atoms with E-state index in [0.29, 0.717) is 16.4 Å². The molecule has 0 aromatic heterocycles. The average Bonchev–Trinajstić information content (AvgIpc) is 2.89. The fourth-order valence-corrected chi connectivity index (χ4v) is 4.25. The van der Waals surface area contributed by atoms with Gasteiger partial charge in [0.2, 0.25) is 17.7 Å². The van der Waals surface area contributed by atoms with Crippen LogP contribution in [0, 0.1) is 0 Å². The Hall–Kier alpha value is -1.54. The van der Waals surface area contributed by atoms with Crippen molar-refractivity contribution in [2.24, 2.45) is 0 Å². The van der Waals surface area contributed by atoms with Crippen LogP contribution in [0.3, 0.4) is 0 Å². The summed E-state index contributed by atoms with van der Waals surface area (Å²) < 4.78 is 0.908. The Morgan fingerprint density at radius 1 is 1.19 bits per heavy atom. The van der Waals surface area contributed by atoms with E-state index in [2.05, 4.69) is 21.2 Å². The predicted molar refractivity (Wildman–Crippen MR) is 113 cm³/mol. The van der Waals surface area contributed by atoms with Gasteiger partial charge in [-0.25, -0.2) is 4.90 Å². The van der Waals surface area contributed by atoms with Crippen LogP contribution in [0.1, 0.15) is 6.42 Å². The van der Waals surface area contributed by atoms with E-state index in [1.807, 2.05) is 12.1 Å². The van der Waals surface area contributed by atoms with Gasteiger partial charge >= 0.3 is 0 Å². The first-order valence-electron chi connectivity index (χ1n) is 7.84. The second kappa shape index (κ2) is 8.65. The van der Waals surface area contributed by atoms with E-state index >= 15 is 0 Å². The number of thioether (sulfide) groups is 1. The van der Waals surface area contributed by atoms with Crippen molar-refractivity contribution in [1.29, 1.82) is 0 Å². The van der Waals surface area contributed by atoms with E-state index in [1.54, 1.807) is 18.2 Å². The van der Waals surface area contributed by atoms with Crippen molar-refractivity contribution in [3.8, 4) is 0 Å². The normalized spacial score (nSPS) is 16.7. The molecule has 2 aromatic rings. The molecule has 0 unspecified atom stereocenters. The molecule has 0 bridgehead atoms. The highest BCUT2D eigenvalue weighted by molar-refractivity contribution is 9.10. The number of amides is 3. The number of carbonyl (C=O) groups excluding carboxylic acids is 3. The van der Waals surface area contributed by atoms with Crippen molar-refractivity contribution in [2.45, 2.75) is 11.7 Å². The Bertz CT molecular complexity index is 908. The first-order valence-corrected chi connectivity index (χ1v) is 10.4. The molecule has 1 heterocycles. The Kier molecular flexibility index (Phi) is 6.47. The van der Waals surface area contributed by atoms with Gasteiger partial charge in [-0.15, -0.1) is 11.8 Å². The minimum Gasteiger partial charge on any atom is -0.325 e. The van der Waals surface area contributed by atoms with Gasteiger partial charge in [0.25, 0.3) is 0 Å². The Labute approximate surface area is 178 Å². The maximum atomic E-state index is 12.6. The van der Waals surface area contributed by atoms with E-state index in [-0.39, 0.29) is 34.9 Å². The Morgan fingerprint density at radius 2 is 1.89 bits per heavy atom. The van der Waals surface area contributed by atoms with Crippen LogP contribution in [0.5, 0.6) is 0 Å². The van der Waals surface area contributed by atoms with Crippen LogP contribution in [0.2, 0.25) is 10.0 Å². The molecule has 140 valence electrons. The van der Waals surface area contributed by atoms with Crippen LogP contribution in [-0.4, -0.2) is 28.7 Å². The van der Waals surface area contributed by atoms with Crippen molar-refractivity contribution >= 4 is 80.0 Å². The third kappa shape index (κ3) is 4.85. The highest BCUT2D eigenvalue weighted by Crippen LogP contribution is 2.35. The van der Waals surface area contributed by atoms with Crippen LogP contribution in [0.4, 0.5) is 11.4 Å². The number of carbonyl (C=O) groups is 3. The highest BCUT2D eigenvalue weighted by atomic mass is 79.9. The molecule has 1 atom stereocenters. The van der Waals surface area contributed by atoms with Crippen LogP contribution in [-0.2, 0) is 14.4 Å². The zero-order valence-corrected chi connectivity index (χ0v) is 17.7. The average molecular weight is 488 g/mol. The van der Waals surface area contributed by atoms with Gasteiger partial charge in [-0.1, -0.05) is 39.1 Å². The highest BCUT2D eigenvalue weighted by Gasteiger charge is 2.40. The number of benzene rings is 2. The molecule has 1 fully saturated rings. The Morgan fingerprint density at radius 3 is 2.56 bits per heavy atom. The van der Waals surface area contributed by atoms with Gasteiger partial charge in [0.15, 0.2) is 0 Å². The molecule has 9 heteroatoms. The number of nitrogens with one attached hydrogen (secondary N) is 1. The number of anilines is 2. The molecule has 0 saturated carbocycles. The molecular formula is C18H13BrCl2N2O3S. The summed E-state index contributed by atoms with van der Waals surface area (Å²) in [5, 5.41) is 2.77. The molecule has 27 heavy (non-hydrogen) atoms. The summed E-state index contributed by atoms with van der Waals surface area (Å²) in [5.41, 5.74) is 0.964. The molecule has 1 N–H and O–H groups in total. The van der Waals surface area contributed by atoms with Gasteiger partial charge in [0.05, 0.1) is 21.7 Å². The minimum atomic E-state index is -0.625. The summed E-state index contributed by atoms with van der Waals surface area (Å²) in [5.74, 6) is -0.923. The maximum absolute atomic E-state index is 12.6. The third-order valence-electron chi connectivity index (χ3n) is 3.80. The summed E-state index contributed by atoms with van der Waals surface area (Å²) in [6.07, 6.45) is 0.0218. The number of nitrogens with zero attached hydrogens (tertiary/aromatic N) is 1. The van der Waals surface area contributed by atoms with Gasteiger partial charge < -0.3 is 5.32 Å². The maximum Gasteiger partial charge on any atom is 0.247 e. The number of hydrogen-bond acceptors (Lipinski definition) is 4. The van der Waals surface area contributed by atoms with E-state index in [0.717, 1.165) is 21.1 Å². The quantitative estimate of drug-likeness (QED) is 0.617. The van der Waals surface area contributed by atoms with E-state index in [4.69, 9.17) is 23.2 Å². The van der Waals surface area contributed by atoms with Crippen LogP contribution < -0.4 is 10.2 Å². The third-order valence-corrected chi connectivity index (χ3v) is 6.07. The molecule has 1 aliphatic rings. The van der Waals surface area contributed by atoms with Crippen molar-refractivity contribution in [3.63, 3.8) is 0 Å². The zero-order chi connectivity index (χ0) is 19.6. The van der Waals surface area contributed by atoms with Gasteiger partial charge in [-0.05, 0) is 42.5 Å². The van der Waals surface area contributed by atoms with Crippen LogP contribution in [0.25, 0.3) is 0 Å². The predicted octanol–water partition coefficient (Wildman–Crippen LogP) is 4.76. The molecule has 1 aliphatic heterocycles. The molecule has 5 nitrogen and oxygen atoms in total. The van der Waals surface area contributed by atoms with Crippen molar-refractivity contribution < 1.29 is 14.4 Å². The first-order chi connectivity index (χ1) is 12.8. The molecule has 0 radical (unpaired) electrons. The zero-order valence-electron chi connectivity index (χ0n) is 13.7. The second-order valence-electron chi connectivity index (χ2n) is 5.72. The lowest BCUT2D eigenvalue weighted by molar-refractivity contribution is -0.121. The van der Waals surface area contributed by atoms with Crippen LogP contribution in [0.15, 0.2) is 46.9 Å². The lowest BCUT2D eigenvalue weighted by atomic mass is 10.3. The number of hydrogen-bond donors (Lipinski definition) is 1. The fraction of sp³-hybridized carbons (Fsp3) is 0.167. The lowest BCUT2D eigenvalue weighted by Gasteiger charge is -2.16. The monoisotopic (exact) mass is 486 g/mol. The minimum absolute atomic E-state index is 0.0218. The van der Waals surface area contributed by atoms with E-state index in [1.165, 1.54) is 12.1 Å². The smallest absolute Gasteiger partial charge is 0.247 e. The summed E-state index contributed by atoms with van der Waals surface area (Å²) in [6, 6.07) is 11.7.